The van der Waals surface area contributed by atoms with Crippen LogP contribution in [0.2, 0.25) is 0 Å². The predicted octanol–water partition coefficient (Wildman–Crippen LogP) is 5.55. The maximum Gasteiger partial charge on any atom is 0.109 e. The van der Waals surface area contributed by atoms with Gasteiger partial charge in [-0.15, -0.1) is 0 Å². The van der Waals surface area contributed by atoms with Gasteiger partial charge < -0.3 is 4.42 Å². The Morgan fingerprint density at radius 1 is 1.28 bits per heavy atom. The maximum atomic E-state index is 5.79. The van der Waals surface area contributed by atoms with Crippen molar-refractivity contribution in [2.24, 2.45) is 5.92 Å². The maximum absolute atomic E-state index is 5.79. The largest absolute Gasteiger partial charge is 0.465 e. The normalized spacial score (nSPS) is 12.7. The van der Waals surface area contributed by atoms with Gasteiger partial charge in [-0.05, 0) is 31.8 Å². The van der Waals surface area contributed by atoms with E-state index in [4.69, 9.17) is 4.42 Å². The zero-order valence-corrected chi connectivity index (χ0v) is 12.2. The molecular weight excluding hydrogens is 220 g/mol. The fraction of sp³-hybridized carbons (Fsp3) is 0.412. The lowest BCUT2D eigenvalue weighted by molar-refractivity contribution is 0.503. The first-order valence-electron chi connectivity index (χ1n) is 6.62. The zero-order chi connectivity index (χ0) is 13.7. The van der Waals surface area contributed by atoms with Crippen LogP contribution in [0.4, 0.5) is 0 Å². The van der Waals surface area contributed by atoms with Crippen molar-refractivity contribution in [3.63, 3.8) is 0 Å². The molecule has 1 aromatic heterocycles. The fourth-order valence-electron chi connectivity index (χ4n) is 2.27. The number of allylic oxidation sites excluding steroid dienone is 4. The van der Waals surface area contributed by atoms with Gasteiger partial charge in [-0.3, -0.25) is 0 Å². The molecule has 0 atom stereocenters. The highest BCUT2D eigenvalue weighted by atomic mass is 16.3. The van der Waals surface area contributed by atoms with Crippen molar-refractivity contribution < 1.29 is 4.42 Å². The van der Waals surface area contributed by atoms with Gasteiger partial charge in [-0.1, -0.05) is 51.7 Å². The van der Waals surface area contributed by atoms with Crippen molar-refractivity contribution in [2.45, 2.75) is 41.0 Å². The summed E-state index contributed by atoms with van der Waals surface area (Å²) in [4.78, 5) is 0. The Labute approximate surface area is 111 Å². The first-order chi connectivity index (χ1) is 8.52. The highest BCUT2D eigenvalue weighted by Crippen LogP contribution is 2.34. The van der Waals surface area contributed by atoms with E-state index < -0.39 is 0 Å². The Hall–Kier alpha value is -1.50. The van der Waals surface area contributed by atoms with E-state index in [0.29, 0.717) is 5.92 Å². The van der Waals surface area contributed by atoms with E-state index in [9.17, 15) is 0 Å². The van der Waals surface area contributed by atoms with E-state index in [1.807, 2.05) is 19.9 Å². The van der Waals surface area contributed by atoms with Crippen LogP contribution < -0.4 is 0 Å². The number of hydrogen-bond acceptors (Lipinski definition) is 1. The molecule has 0 saturated carbocycles. The summed E-state index contributed by atoms with van der Waals surface area (Å²) >= 11 is 0. The summed E-state index contributed by atoms with van der Waals surface area (Å²) < 4.78 is 5.79. The molecular formula is C17H24O. The number of furan rings is 1. The molecule has 1 heterocycles. The van der Waals surface area contributed by atoms with Crippen LogP contribution in [0.1, 0.15) is 49.8 Å². The van der Waals surface area contributed by atoms with E-state index in [1.165, 1.54) is 16.7 Å². The first-order valence-corrected chi connectivity index (χ1v) is 6.62. The molecule has 0 aliphatic heterocycles. The van der Waals surface area contributed by atoms with Crippen LogP contribution in [-0.2, 0) is 0 Å². The third-order valence-corrected chi connectivity index (χ3v) is 3.04. The minimum atomic E-state index is 0.497. The highest BCUT2D eigenvalue weighted by molar-refractivity contribution is 5.77. The smallest absolute Gasteiger partial charge is 0.109 e. The van der Waals surface area contributed by atoms with Gasteiger partial charge in [-0.2, -0.15) is 0 Å². The highest BCUT2D eigenvalue weighted by Gasteiger charge is 2.18. The van der Waals surface area contributed by atoms with Crippen LogP contribution in [0.15, 0.2) is 29.2 Å². The van der Waals surface area contributed by atoms with Crippen molar-refractivity contribution in [3.05, 3.63) is 47.5 Å². The van der Waals surface area contributed by atoms with Gasteiger partial charge in [0.05, 0.1) is 0 Å². The van der Waals surface area contributed by atoms with E-state index in [0.717, 1.165) is 17.9 Å². The Kier molecular flexibility index (Phi) is 5.21. The molecule has 0 radical (unpaired) electrons. The predicted molar refractivity (Wildman–Crippen MR) is 80.5 cm³/mol. The molecule has 18 heavy (non-hydrogen) atoms. The molecule has 0 saturated heterocycles. The van der Waals surface area contributed by atoms with Gasteiger partial charge in [0.15, 0.2) is 0 Å². The van der Waals surface area contributed by atoms with E-state index in [1.54, 1.807) is 6.08 Å². The topological polar surface area (TPSA) is 13.1 Å². The lowest BCUT2D eigenvalue weighted by atomic mass is 9.91. The van der Waals surface area contributed by atoms with Crippen molar-refractivity contribution in [1.82, 2.24) is 0 Å². The standard InChI is InChI=1S/C17H24O/c1-7-9-11-16-13(5)18-14(6)17(16)15(10-8-2)12(3)4/h7,9-12H,1,8H2,2-6H3/b11-9-,15-10-. The second-order valence-corrected chi connectivity index (χ2v) is 4.82. The van der Waals surface area contributed by atoms with Gasteiger partial charge in [0.1, 0.15) is 11.5 Å². The van der Waals surface area contributed by atoms with Crippen LogP contribution in [-0.4, -0.2) is 0 Å². The summed E-state index contributed by atoms with van der Waals surface area (Å²) in [7, 11) is 0. The van der Waals surface area contributed by atoms with Gasteiger partial charge in [0.2, 0.25) is 0 Å². The molecule has 98 valence electrons. The summed E-state index contributed by atoms with van der Waals surface area (Å²) in [6.45, 7) is 14.4. The average molecular weight is 244 g/mol. The molecule has 0 spiro atoms. The number of hydrogen-bond donors (Lipinski definition) is 0. The molecule has 0 amide bonds. The third-order valence-electron chi connectivity index (χ3n) is 3.04. The molecule has 0 fully saturated rings. The molecule has 1 heteroatoms. The monoisotopic (exact) mass is 244 g/mol. The van der Waals surface area contributed by atoms with Gasteiger partial charge in [0, 0.05) is 11.1 Å². The van der Waals surface area contributed by atoms with Crippen LogP contribution >= 0.6 is 0 Å². The van der Waals surface area contributed by atoms with Crippen LogP contribution in [0.5, 0.6) is 0 Å². The Morgan fingerprint density at radius 3 is 2.44 bits per heavy atom. The van der Waals surface area contributed by atoms with E-state index in [-0.39, 0.29) is 0 Å². The second-order valence-electron chi connectivity index (χ2n) is 4.82. The minimum absolute atomic E-state index is 0.497. The summed E-state index contributed by atoms with van der Waals surface area (Å²) in [6, 6.07) is 0. The van der Waals surface area contributed by atoms with Crippen molar-refractivity contribution in [3.8, 4) is 0 Å². The Balaban J connectivity index is 3.41. The second kappa shape index (κ2) is 6.44. The molecule has 0 unspecified atom stereocenters. The van der Waals surface area contributed by atoms with Crippen molar-refractivity contribution >= 4 is 11.6 Å². The lowest BCUT2D eigenvalue weighted by Gasteiger charge is -2.12. The average Bonchev–Trinajstić information content (AvgIpc) is 2.58. The quantitative estimate of drug-likeness (QED) is 0.619. The fourth-order valence-corrected chi connectivity index (χ4v) is 2.27. The molecule has 1 rings (SSSR count). The first kappa shape index (κ1) is 14.6. The Bertz CT molecular complexity index is 470. The number of rotatable bonds is 5. The molecule has 0 aliphatic carbocycles. The lowest BCUT2D eigenvalue weighted by Crippen LogP contribution is -1.96. The molecule has 1 nitrogen and oxygen atoms in total. The summed E-state index contributed by atoms with van der Waals surface area (Å²) in [5.41, 5.74) is 3.80. The van der Waals surface area contributed by atoms with Crippen molar-refractivity contribution in [1.29, 1.82) is 0 Å². The summed E-state index contributed by atoms with van der Waals surface area (Å²) in [5, 5.41) is 0. The third kappa shape index (κ3) is 3.04. The van der Waals surface area contributed by atoms with Crippen LogP contribution in [0.3, 0.4) is 0 Å². The SMILES string of the molecule is C=C/C=C\c1c(C)oc(C)c1/C(=C\CC)C(C)C. The molecule has 1 aromatic rings. The molecule has 0 bridgehead atoms. The zero-order valence-electron chi connectivity index (χ0n) is 12.2. The summed E-state index contributed by atoms with van der Waals surface area (Å²) in [6.07, 6.45) is 9.18. The molecule has 0 aromatic carbocycles. The van der Waals surface area contributed by atoms with Gasteiger partial charge in [0.25, 0.3) is 0 Å². The molecule has 0 N–H and O–H groups in total. The summed E-state index contributed by atoms with van der Waals surface area (Å²) in [5.74, 6) is 2.48. The van der Waals surface area contributed by atoms with E-state index >= 15 is 0 Å². The van der Waals surface area contributed by atoms with Crippen LogP contribution in [0, 0.1) is 19.8 Å². The minimum Gasteiger partial charge on any atom is -0.465 e. The molecule has 0 aliphatic rings. The van der Waals surface area contributed by atoms with E-state index in [2.05, 4.69) is 39.5 Å². The van der Waals surface area contributed by atoms with Gasteiger partial charge in [-0.25, -0.2) is 0 Å². The Morgan fingerprint density at radius 2 is 1.94 bits per heavy atom. The number of aryl methyl sites for hydroxylation is 2. The van der Waals surface area contributed by atoms with Crippen molar-refractivity contribution in [2.75, 3.05) is 0 Å². The van der Waals surface area contributed by atoms with Gasteiger partial charge >= 0.3 is 0 Å². The van der Waals surface area contributed by atoms with Crippen LogP contribution in [0.25, 0.3) is 11.6 Å².